The highest BCUT2D eigenvalue weighted by Gasteiger charge is 2.21. The highest BCUT2D eigenvalue weighted by molar-refractivity contribution is 5.86. The van der Waals surface area contributed by atoms with E-state index in [0.717, 1.165) is 12.8 Å². The molecule has 0 rings (SSSR count). The largest absolute Gasteiger partial charge is 0.473 e. The molecule has 33 heavy (non-hydrogen) atoms. The van der Waals surface area contributed by atoms with Crippen molar-refractivity contribution in [2.45, 2.75) is 47.5 Å². The van der Waals surface area contributed by atoms with E-state index >= 15 is 0 Å². The Balaban J connectivity index is 3.71. The predicted octanol–water partition coefficient (Wildman–Crippen LogP) is 3.29. The Bertz CT molecular complexity index is 595. The Labute approximate surface area is 197 Å². The van der Waals surface area contributed by atoms with Gasteiger partial charge in [-0.25, -0.2) is 9.59 Å². The first-order chi connectivity index (χ1) is 15.5. The normalized spacial score (nSPS) is 12.0. The number of carbonyl (C=O) groups excluding carboxylic acids is 2. The van der Waals surface area contributed by atoms with Gasteiger partial charge in [-0.05, 0) is 38.0 Å². The third kappa shape index (κ3) is 20.2. The van der Waals surface area contributed by atoms with Crippen molar-refractivity contribution in [1.82, 2.24) is 10.8 Å². The number of ether oxygens (including phenoxy) is 5. The predicted molar refractivity (Wildman–Crippen MR) is 124 cm³/mol. The van der Waals surface area contributed by atoms with Crippen LogP contribution in [0.2, 0.25) is 0 Å². The van der Waals surface area contributed by atoms with Crippen molar-refractivity contribution < 1.29 is 38.1 Å². The molecular formula is C23H42N2O8. The molecule has 0 aromatic rings. The molecule has 1 amide bonds. The molecular weight excluding hydrogens is 432 g/mol. The van der Waals surface area contributed by atoms with E-state index in [9.17, 15) is 9.59 Å². The molecule has 0 aromatic heterocycles. The van der Waals surface area contributed by atoms with Gasteiger partial charge in [0.25, 0.3) is 0 Å². The lowest BCUT2D eigenvalue weighted by atomic mass is 9.82. The van der Waals surface area contributed by atoms with Crippen LogP contribution in [-0.2, 0) is 33.3 Å². The maximum absolute atomic E-state index is 11.7. The van der Waals surface area contributed by atoms with Crippen molar-refractivity contribution in [1.29, 1.82) is 0 Å². The summed E-state index contributed by atoms with van der Waals surface area (Å²) >= 11 is 0. The molecule has 0 spiro atoms. The first-order valence-corrected chi connectivity index (χ1v) is 11.0. The molecule has 2 N–H and O–H groups in total. The van der Waals surface area contributed by atoms with E-state index in [1.165, 1.54) is 0 Å². The summed E-state index contributed by atoms with van der Waals surface area (Å²) < 4.78 is 25.4. The molecule has 0 aliphatic heterocycles. The van der Waals surface area contributed by atoms with Gasteiger partial charge in [-0.15, -0.1) is 0 Å². The molecule has 0 aliphatic carbocycles. The fourth-order valence-corrected chi connectivity index (χ4v) is 2.69. The molecule has 1 unspecified atom stereocenters. The summed E-state index contributed by atoms with van der Waals surface area (Å²) in [7, 11) is 0. The standard InChI is InChI=1S/C23H42N2O8/c1-18(2)21(26)30-12-10-29-17-33-25-15-23(6,7)14-20(5)8-9-24-22(27)31-13-11-28-16-32-19(3)4/h20,25H,1,3,8-17H2,2,4-7H3,(H,24,27). The number of alkyl carbamates (subject to hydrolysis) is 1. The smallest absolute Gasteiger partial charge is 0.407 e. The van der Waals surface area contributed by atoms with Gasteiger partial charge in [0.1, 0.15) is 13.2 Å². The maximum atomic E-state index is 11.7. The van der Waals surface area contributed by atoms with Crippen LogP contribution >= 0.6 is 0 Å². The van der Waals surface area contributed by atoms with Crippen molar-refractivity contribution in [3.63, 3.8) is 0 Å². The van der Waals surface area contributed by atoms with Crippen LogP contribution in [0.4, 0.5) is 4.79 Å². The summed E-state index contributed by atoms with van der Waals surface area (Å²) in [5.41, 5.74) is 3.24. The van der Waals surface area contributed by atoms with Gasteiger partial charge in [-0.2, -0.15) is 5.48 Å². The topological polar surface area (TPSA) is 114 Å². The fraction of sp³-hybridized carbons (Fsp3) is 0.739. The van der Waals surface area contributed by atoms with Crippen LogP contribution in [-0.4, -0.2) is 65.2 Å². The lowest BCUT2D eigenvalue weighted by Crippen LogP contribution is -2.33. The number of hydroxylamine groups is 1. The fourth-order valence-electron chi connectivity index (χ4n) is 2.69. The van der Waals surface area contributed by atoms with Crippen LogP contribution in [0.3, 0.4) is 0 Å². The van der Waals surface area contributed by atoms with E-state index in [4.69, 9.17) is 28.5 Å². The highest BCUT2D eigenvalue weighted by atomic mass is 16.8. The number of allylic oxidation sites excluding steroid dienone is 1. The number of esters is 1. The summed E-state index contributed by atoms with van der Waals surface area (Å²) in [4.78, 5) is 28.2. The Morgan fingerprint density at radius 2 is 1.58 bits per heavy atom. The average Bonchev–Trinajstić information content (AvgIpc) is 2.71. The van der Waals surface area contributed by atoms with Gasteiger partial charge in [-0.1, -0.05) is 33.9 Å². The van der Waals surface area contributed by atoms with Crippen LogP contribution in [0.15, 0.2) is 24.5 Å². The van der Waals surface area contributed by atoms with Crippen molar-refractivity contribution in [3.05, 3.63) is 24.5 Å². The van der Waals surface area contributed by atoms with Gasteiger partial charge in [0.2, 0.25) is 0 Å². The third-order valence-electron chi connectivity index (χ3n) is 4.26. The molecule has 0 fully saturated rings. The van der Waals surface area contributed by atoms with Crippen molar-refractivity contribution in [2.75, 3.05) is 53.1 Å². The Kier molecular flexibility index (Phi) is 17.1. The first kappa shape index (κ1) is 30.9. The molecule has 0 bridgehead atoms. The maximum Gasteiger partial charge on any atom is 0.407 e. The van der Waals surface area contributed by atoms with E-state index in [-0.39, 0.29) is 45.4 Å². The number of amides is 1. The summed E-state index contributed by atoms with van der Waals surface area (Å²) in [6, 6.07) is 0. The van der Waals surface area contributed by atoms with Crippen molar-refractivity contribution >= 4 is 12.1 Å². The lowest BCUT2D eigenvalue weighted by molar-refractivity contribution is -0.145. The average molecular weight is 475 g/mol. The van der Waals surface area contributed by atoms with Gasteiger partial charge < -0.3 is 29.0 Å². The van der Waals surface area contributed by atoms with Crippen LogP contribution in [0.5, 0.6) is 0 Å². The lowest BCUT2D eigenvalue weighted by Gasteiger charge is -2.28. The molecule has 0 aromatic carbocycles. The van der Waals surface area contributed by atoms with Crippen LogP contribution < -0.4 is 10.8 Å². The van der Waals surface area contributed by atoms with Crippen molar-refractivity contribution in [2.24, 2.45) is 11.3 Å². The summed E-state index contributed by atoms with van der Waals surface area (Å²) in [6.07, 6.45) is 1.30. The molecule has 10 nitrogen and oxygen atoms in total. The second kappa shape index (κ2) is 18.3. The Hall–Kier alpha value is -2.14. The molecule has 0 radical (unpaired) electrons. The number of nitrogens with one attached hydrogen (secondary N) is 2. The Morgan fingerprint density at radius 3 is 2.21 bits per heavy atom. The monoisotopic (exact) mass is 474 g/mol. The van der Waals surface area contributed by atoms with Crippen LogP contribution in [0.1, 0.15) is 47.5 Å². The minimum absolute atomic E-state index is 0.0137. The van der Waals surface area contributed by atoms with Crippen LogP contribution in [0.25, 0.3) is 0 Å². The number of rotatable bonds is 20. The molecule has 0 heterocycles. The van der Waals surface area contributed by atoms with E-state index in [1.807, 2.05) is 0 Å². The summed E-state index contributed by atoms with van der Waals surface area (Å²) in [6.45, 7) is 18.9. The van der Waals surface area contributed by atoms with Gasteiger partial charge in [0, 0.05) is 18.7 Å². The molecule has 10 heteroatoms. The third-order valence-corrected chi connectivity index (χ3v) is 4.26. The number of hydrogen-bond donors (Lipinski definition) is 2. The Morgan fingerprint density at radius 1 is 0.939 bits per heavy atom. The van der Waals surface area contributed by atoms with Gasteiger partial charge in [0.15, 0.2) is 13.6 Å². The second-order valence-electron chi connectivity index (χ2n) is 8.61. The van der Waals surface area contributed by atoms with Gasteiger partial charge >= 0.3 is 12.1 Å². The zero-order chi connectivity index (χ0) is 25.1. The summed E-state index contributed by atoms with van der Waals surface area (Å²) in [5.74, 6) is 0.527. The highest BCUT2D eigenvalue weighted by Crippen LogP contribution is 2.26. The van der Waals surface area contributed by atoms with E-state index in [2.05, 4.69) is 44.7 Å². The summed E-state index contributed by atoms with van der Waals surface area (Å²) in [5, 5.41) is 2.74. The zero-order valence-corrected chi connectivity index (χ0v) is 20.8. The molecule has 192 valence electrons. The molecule has 1 atom stereocenters. The number of hydrogen-bond acceptors (Lipinski definition) is 9. The van der Waals surface area contributed by atoms with E-state index in [1.54, 1.807) is 13.8 Å². The minimum Gasteiger partial charge on any atom is -0.473 e. The van der Waals surface area contributed by atoms with E-state index < -0.39 is 12.1 Å². The molecule has 0 aliphatic rings. The quantitative estimate of drug-likeness (QED) is 0.0685. The molecule has 0 saturated heterocycles. The van der Waals surface area contributed by atoms with E-state index in [0.29, 0.717) is 30.3 Å². The number of carbonyl (C=O) groups is 2. The van der Waals surface area contributed by atoms with Gasteiger partial charge in [0.05, 0.1) is 19.0 Å². The van der Waals surface area contributed by atoms with Crippen LogP contribution in [0, 0.1) is 11.3 Å². The zero-order valence-electron chi connectivity index (χ0n) is 20.8. The minimum atomic E-state index is -0.463. The van der Waals surface area contributed by atoms with Gasteiger partial charge in [-0.3, -0.25) is 4.84 Å². The first-order valence-electron chi connectivity index (χ1n) is 11.0. The molecule has 0 saturated carbocycles. The SMILES string of the molecule is C=C(C)OCOCCOC(=O)NCCC(C)CC(C)(C)CNOCOCCOC(=O)C(=C)C. The second-order valence-corrected chi connectivity index (χ2v) is 8.61. The van der Waals surface area contributed by atoms with Crippen molar-refractivity contribution in [3.8, 4) is 0 Å².